The third kappa shape index (κ3) is 3.08. The molecule has 0 radical (unpaired) electrons. The van der Waals surface area contributed by atoms with Crippen LogP contribution in [0.2, 0.25) is 0 Å². The van der Waals surface area contributed by atoms with Crippen LogP contribution in [0.1, 0.15) is 6.42 Å². The number of nitrogens with one attached hydrogen (secondary N) is 1. The number of carbonyl (C=O) groups excluding carboxylic acids is 2. The smallest absolute Gasteiger partial charge is 0.275 e. The van der Waals surface area contributed by atoms with Gasteiger partial charge in [0.2, 0.25) is 11.8 Å². The van der Waals surface area contributed by atoms with E-state index in [4.69, 9.17) is 0 Å². The van der Waals surface area contributed by atoms with Crippen LogP contribution in [0.5, 0.6) is 0 Å². The molecule has 2 aromatic carbocycles. The first kappa shape index (κ1) is 17.6. The number of aromatic nitrogens is 2. The molecule has 2 amide bonds. The Balaban J connectivity index is 1.49. The average molecular weight is 388 g/mol. The molecular weight excluding hydrogens is 368 g/mol. The molecule has 7 heteroatoms. The maximum atomic E-state index is 13.0. The Morgan fingerprint density at radius 1 is 1.00 bits per heavy atom. The Kier molecular flexibility index (Phi) is 4.16. The first-order chi connectivity index (χ1) is 14.1. The lowest BCUT2D eigenvalue weighted by molar-refractivity contribution is -0.132. The van der Waals surface area contributed by atoms with Crippen LogP contribution < -0.4 is 10.9 Å². The molecule has 2 aliphatic rings. The Labute approximate surface area is 166 Å². The van der Waals surface area contributed by atoms with E-state index in [2.05, 4.69) is 10.4 Å². The summed E-state index contributed by atoms with van der Waals surface area (Å²) in [6.45, 7) is 0.913. The number of fused-ring (bicyclic) bond motifs is 2. The molecule has 2 atom stereocenters. The molecule has 1 aromatic heterocycles. The fourth-order valence-electron chi connectivity index (χ4n) is 4.33. The van der Waals surface area contributed by atoms with E-state index in [0.29, 0.717) is 30.6 Å². The fourth-order valence-corrected chi connectivity index (χ4v) is 4.33. The zero-order valence-corrected chi connectivity index (χ0v) is 15.7. The predicted octanol–water partition coefficient (Wildman–Crippen LogP) is 1.41. The van der Waals surface area contributed by atoms with Crippen molar-refractivity contribution in [2.75, 3.05) is 13.1 Å². The van der Waals surface area contributed by atoms with Crippen LogP contribution in [0.15, 0.2) is 59.4 Å². The van der Waals surface area contributed by atoms with Gasteiger partial charge in [-0.25, -0.2) is 4.68 Å². The van der Waals surface area contributed by atoms with E-state index in [0.717, 1.165) is 10.9 Å². The summed E-state index contributed by atoms with van der Waals surface area (Å²) in [6, 6.07) is 17.0. The Hall–Kier alpha value is -3.48. The minimum atomic E-state index is -0.277. The number of hydrogen-bond acceptors (Lipinski definition) is 4. The van der Waals surface area contributed by atoms with Crippen LogP contribution in [0.3, 0.4) is 0 Å². The largest absolute Gasteiger partial charge is 0.351 e. The summed E-state index contributed by atoms with van der Waals surface area (Å²) in [7, 11) is 0. The standard InChI is InChI=1S/C22H20N4O3/c27-19-10-15-11-25(12-18(15)23-19)20(28)13-26-22(29)17-9-5-4-8-16(17)21(24-26)14-6-2-1-3-7-14/h1-9,15,18H,10-13H2,(H,23,27)/t15-,18+/m0/s1. The highest BCUT2D eigenvalue weighted by Crippen LogP contribution is 2.26. The molecule has 2 saturated heterocycles. The lowest BCUT2D eigenvalue weighted by Crippen LogP contribution is -2.39. The van der Waals surface area contributed by atoms with Gasteiger partial charge in [-0.3, -0.25) is 14.4 Å². The topological polar surface area (TPSA) is 84.3 Å². The van der Waals surface area contributed by atoms with Crippen molar-refractivity contribution in [3.05, 3.63) is 65.0 Å². The van der Waals surface area contributed by atoms with Gasteiger partial charge in [0.15, 0.2) is 0 Å². The zero-order chi connectivity index (χ0) is 20.0. The van der Waals surface area contributed by atoms with E-state index in [1.54, 1.807) is 11.0 Å². The van der Waals surface area contributed by atoms with Crippen molar-refractivity contribution in [2.24, 2.45) is 5.92 Å². The summed E-state index contributed by atoms with van der Waals surface area (Å²) in [5.41, 5.74) is 1.30. The highest BCUT2D eigenvalue weighted by atomic mass is 16.2. The molecule has 3 aromatic rings. The summed E-state index contributed by atoms with van der Waals surface area (Å²) in [4.78, 5) is 39.1. The van der Waals surface area contributed by atoms with Gasteiger partial charge in [0.25, 0.3) is 5.56 Å². The van der Waals surface area contributed by atoms with Crippen molar-refractivity contribution in [1.29, 1.82) is 0 Å². The monoisotopic (exact) mass is 388 g/mol. The number of rotatable bonds is 3. The molecular formula is C22H20N4O3. The van der Waals surface area contributed by atoms with Gasteiger partial charge < -0.3 is 10.2 Å². The lowest BCUT2D eigenvalue weighted by atomic mass is 10.1. The SMILES string of the molecule is O=C1C[C@H]2CN(C(=O)Cn3nc(-c4ccccc4)c4ccccc4c3=O)C[C@H]2N1. The summed E-state index contributed by atoms with van der Waals surface area (Å²) in [6.07, 6.45) is 0.459. The van der Waals surface area contributed by atoms with Crippen LogP contribution in [-0.4, -0.2) is 45.6 Å². The number of amides is 2. The normalized spacial score (nSPS) is 20.7. The van der Waals surface area contributed by atoms with E-state index >= 15 is 0 Å². The van der Waals surface area contributed by atoms with Crippen LogP contribution in [0.4, 0.5) is 0 Å². The average Bonchev–Trinajstić information content (AvgIpc) is 3.28. The van der Waals surface area contributed by atoms with Crippen LogP contribution >= 0.6 is 0 Å². The van der Waals surface area contributed by atoms with Gasteiger partial charge in [0.05, 0.1) is 17.1 Å². The van der Waals surface area contributed by atoms with Gasteiger partial charge >= 0.3 is 0 Å². The van der Waals surface area contributed by atoms with Crippen LogP contribution in [0.25, 0.3) is 22.0 Å². The minimum Gasteiger partial charge on any atom is -0.351 e. The highest BCUT2D eigenvalue weighted by molar-refractivity contribution is 5.93. The van der Waals surface area contributed by atoms with Crippen molar-refractivity contribution >= 4 is 22.6 Å². The molecule has 0 saturated carbocycles. The molecule has 0 spiro atoms. The number of carbonyl (C=O) groups is 2. The summed E-state index contributed by atoms with van der Waals surface area (Å²) in [5.74, 6) is 0.0529. The molecule has 0 unspecified atom stereocenters. The van der Waals surface area contributed by atoms with E-state index in [1.807, 2.05) is 48.5 Å². The van der Waals surface area contributed by atoms with E-state index < -0.39 is 0 Å². The molecule has 3 heterocycles. The predicted molar refractivity (Wildman–Crippen MR) is 108 cm³/mol. The lowest BCUT2D eigenvalue weighted by Gasteiger charge is -2.18. The molecule has 0 bridgehead atoms. The number of benzene rings is 2. The van der Waals surface area contributed by atoms with Gasteiger partial charge in [0.1, 0.15) is 6.54 Å². The third-order valence-corrected chi connectivity index (χ3v) is 5.79. The molecule has 7 nitrogen and oxygen atoms in total. The van der Waals surface area contributed by atoms with Gasteiger partial charge in [0, 0.05) is 36.4 Å². The zero-order valence-electron chi connectivity index (χ0n) is 15.7. The maximum absolute atomic E-state index is 13.0. The first-order valence-corrected chi connectivity index (χ1v) is 9.72. The van der Waals surface area contributed by atoms with Crippen molar-refractivity contribution < 1.29 is 9.59 Å². The second kappa shape index (κ2) is 6.84. The second-order valence-corrected chi connectivity index (χ2v) is 7.66. The summed E-state index contributed by atoms with van der Waals surface area (Å²) < 4.78 is 1.26. The van der Waals surface area contributed by atoms with Crippen molar-refractivity contribution in [3.63, 3.8) is 0 Å². The van der Waals surface area contributed by atoms with Crippen molar-refractivity contribution in [2.45, 2.75) is 19.0 Å². The molecule has 0 aliphatic carbocycles. The Bertz CT molecular complexity index is 1160. The van der Waals surface area contributed by atoms with E-state index in [9.17, 15) is 14.4 Å². The molecule has 146 valence electrons. The fraction of sp³-hybridized carbons (Fsp3) is 0.273. The van der Waals surface area contributed by atoms with Crippen molar-refractivity contribution in [3.8, 4) is 11.3 Å². The second-order valence-electron chi connectivity index (χ2n) is 7.66. The quantitative estimate of drug-likeness (QED) is 0.735. The summed E-state index contributed by atoms with van der Waals surface area (Å²) in [5, 5.41) is 8.78. The third-order valence-electron chi connectivity index (χ3n) is 5.79. The Morgan fingerprint density at radius 3 is 2.48 bits per heavy atom. The minimum absolute atomic E-state index is 0.0209. The van der Waals surface area contributed by atoms with E-state index in [1.165, 1.54) is 4.68 Å². The first-order valence-electron chi connectivity index (χ1n) is 9.72. The highest BCUT2D eigenvalue weighted by Gasteiger charge is 2.41. The van der Waals surface area contributed by atoms with Crippen LogP contribution in [0, 0.1) is 5.92 Å². The number of likely N-dealkylation sites (tertiary alicyclic amines) is 1. The summed E-state index contributed by atoms with van der Waals surface area (Å²) >= 11 is 0. The number of nitrogens with zero attached hydrogens (tertiary/aromatic N) is 3. The van der Waals surface area contributed by atoms with Crippen LogP contribution in [-0.2, 0) is 16.1 Å². The maximum Gasteiger partial charge on any atom is 0.275 e. The van der Waals surface area contributed by atoms with Gasteiger partial charge in [-0.15, -0.1) is 0 Å². The molecule has 2 fully saturated rings. The van der Waals surface area contributed by atoms with Gasteiger partial charge in [-0.05, 0) is 6.07 Å². The van der Waals surface area contributed by atoms with Gasteiger partial charge in [-0.1, -0.05) is 48.5 Å². The Morgan fingerprint density at radius 2 is 1.72 bits per heavy atom. The number of hydrogen-bond donors (Lipinski definition) is 1. The van der Waals surface area contributed by atoms with Gasteiger partial charge in [-0.2, -0.15) is 5.10 Å². The molecule has 2 aliphatic heterocycles. The van der Waals surface area contributed by atoms with Crippen molar-refractivity contribution in [1.82, 2.24) is 20.0 Å². The van der Waals surface area contributed by atoms with E-state index in [-0.39, 0.29) is 35.9 Å². The molecule has 1 N–H and O–H groups in total. The molecule has 29 heavy (non-hydrogen) atoms. The molecule has 5 rings (SSSR count).